The third-order valence-electron chi connectivity index (χ3n) is 13.1. The highest BCUT2D eigenvalue weighted by atomic mass is 35.5. The average Bonchev–Trinajstić information content (AvgIpc) is 4.04. The Kier molecular flexibility index (Phi) is 16.6. The fraction of sp³-hybridized carbons (Fsp3) is 0.222. The molecule has 4 atom stereocenters. The Balaban J connectivity index is 0.000000177. The van der Waals surface area contributed by atoms with Crippen molar-refractivity contribution in [2.45, 2.75) is 75.5 Å². The number of para-hydroxylation sites is 3. The van der Waals surface area contributed by atoms with Crippen LogP contribution in [0.3, 0.4) is 0 Å². The van der Waals surface area contributed by atoms with Gasteiger partial charge in [0.05, 0.1) is 63.1 Å². The minimum absolute atomic E-state index is 0.0266. The molecule has 0 unspecified atom stereocenters. The van der Waals surface area contributed by atoms with E-state index in [0.29, 0.717) is 56.1 Å². The van der Waals surface area contributed by atoms with Crippen molar-refractivity contribution < 1.29 is 18.0 Å². The molecular formula is C54H52Cl2N14O4S. The van der Waals surface area contributed by atoms with E-state index in [0.717, 1.165) is 90.0 Å². The summed E-state index contributed by atoms with van der Waals surface area (Å²) in [4.78, 5) is 55.1. The van der Waals surface area contributed by atoms with Gasteiger partial charge in [0, 0.05) is 69.7 Å². The van der Waals surface area contributed by atoms with Crippen molar-refractivity contribution in [3.63, 3.8) is 0 Å². The van der Waals surface area contributed by atoms with Gasteiger partial charge in [0.15, 0.2) is 0 Å². The predicted octanol–water partition coefficient (Wildman–Crippen LogP) is 9.61. The Labute approximate surface area is 445 Å². The molecule has 9 aromatic rings. The number of halogens is 2. The molecule has 2 fully saturated rings. The van der Waals surface area contributed by atoms with Crippen molar-refractivity contribution in [1.82, 2.24) is 50.1 Å². The van der Waals surface area contributed by atoms with Crippen molar-refractivity contribution in [2.75, 3.05) is 22.1 Å². The lowest BCUT2D eigenvalue weighted by molar-refractivity contribution is 0.0913. The zero-order valence-corrected chi connectivity index (χ0v) is 42.7. The third-order valence-corrected chi connectivity index (χ3v) is 13.6. The van der Waals surface area contributed by atoms with E-state index in [1.807, 2.05) is 60.8 Å². The molecule has 0 aliphatic heterocycles. The van der Waals surface area contributed by atoms with E-state index in [1.54, 1.807) is 36.7 Å². The van der Waals surface area contributed by atoms with Gasteiger partial charge in [-0.05, 0) is 99.9 Å². The zero-order chi connectivity index (χ0) is 52.3. The number of aromatic amines is 1. The molecule has 75 heavy (non-hydrogen) atoms. The van der Waals surface area contributed by atoms with Crippen molar-refractivity contribution in [3.05, 3.63) is 162 Å². The minimum atomic E-state index is -0.750. The van der Waals surface area contributed by atoms with Crippen LogP contribution < -0.4 is 32.7 Å². The van der Waals surface area contributed by atoms with Crippen LogP contribution in [0.4, 0.5) is 23.3 Å². The fourth-order valence-corrected chi connectivity index (χ4v) is 9.94. The van der Waals surface area contributed by atoms with Crippen molar-refractivity contribution >= 4 is 91.7 Å². The van der Waals surface area contributed by atoms with Gasteiger partial charge in [0.25, 0.3) is 11.8 Å². The van der Waals surface area contributed by atoms with Crippen LogP contribution in [0.2, 0.25) is 10.0 Å². The highest BCUT2D eigenvalue weighted by Gasteiger charge is 2.27. The van der Waals surface area contributed by atoms with Crippen LogP contribution in [0.1, 0.15) is 72.3 Å². The lowest BCUT2D eigenvalue weighted by Gasteiger charge is -2.30. The summed E-state index contributed by atoms with van der Waals surface area (Å²) in [6.07, 6.45) is 17.5. The number of benzene rings is 3. The maximum Gasteiger partial charge on any atom is 0.335 e. The summed E-state index contributed by atoms with van der Waals surface area (Å²) in [5, 5.41) is 16.2. The molecule has 6 heterocycles. The number of nitrogen functional groups attached to an aromatic ring is 2. The summed E-state index contributed by atoms with van der Waals surface area (Å²) in [6, 6.07) is 33.4. The van der Waals surface area contributed by atoms with E-state index in [2.05, 4.69) is 81.2 Å². The van der Waals surface area contributed by atoms with Crippen molar-refractivity contribution in [2.24, 2.45) is 0 Å². The summed E-state index contributed by atoms with van der Waals surface area (Å²) in [5.41, 5.74) is 19.5. The molecular weight excluding hydrogens is 1010 g/mol. The molecule has 0 bridgehead atoms. The van der Waals surface area contributed by atoms with Crippen molar-refractivity contribution in [3.8, 4) is 28.2 Å². The fourth-order valence-electron chi connectivity index (χ4n) is 9.56. The zero-order valence-electron chi connectivity index (χ0n) is 40.3. The molecule has 382 valence electrons. The standard InChI is InChI=1S/C30H28ClN7O.C24H24ClN7O.O2S/c31-25-17-34-30(36-21-8-6-7-20(15-21)35-29(39)26-14-13-19(32)16-33-26)37-28(25)24-18-38(22-9-2-1-3-10-22)27-12-5-4-11-23(24)27;25-19-13-29-24(32-22(19)18-12-28-20-7-2-1-6-17(18)20)31-16-5-3-4-15(10-16)30-23(33)21-9-8-14(26)11-27-21;1-3-2/h1-5,9-14,16-18,20-21H,6-8,15,32H2,(H,35,39)(H,34,36,37);1-2,6-9,11-13,15-16,28H,3-5,10,26H2,(H,30,33)(H,29,31,32);/t20-,21+;15-,16+;/m00./s1. The topological polar surface area (TPSA) is 266 Å². The highest BCUT2D eigenvalue weighted by Crippen LogP contribution is 2.36. The maximum atomic E-state index is 12.7. The van der Waals surface area contributed by atoms with E-state index in [4.69, 9.17) is 53.1 Å². The first-order chi connectivity index (χ1) is 36.5. The third kappa shape index (κ3) is 12.7. The number of anilines is 4. The normalized spacial score (nSPS) is 17.1. The van der Waals surface area contributed by atoms with Gasteiger partial charge >= 0.3 is 11.6 Å². The smallest absolute Gasteiger partial charge is 0.335 e. The van der Waals surface area contributed by atoms with Gasteiger partial charge < -0.3 is 42.3 Å². The molecule has 0 saturated heterocycles. The maximum absolute atomic E-state index is 12.7. The summed E-state index contributed by atoms with van der Waals surface area (Å²) in [7, 11) is 0. The molecule has 2 amide bonds. The lowest BCUT2D eigenvalue weighted by atomic mass is 9.91. The Morgan fingerprint density at radius 1 is 0.587 bits per heavy atom. The van der Waals surface area contributed by atoms with Crippen LogP contribution in [0.15, 0.2) is 140 Å². The molecule has 18 nitrogen and oxygen atoms in total. The molecule has 2 aliphatic rings. The number of hydrogen-bond acceptors (Lipinski definition) is 14. The molecule has 0 spiro atoms. The monoisotopic (exact) mass is 1060 g/mol. The van der Waals surface area contributed by atoms with Gasteiger partial charge in [-0.3, -0.25) is 9.59 Å². The Morgan fingerprint density at radius 2 is 1.08 bits per heavy atom. The van der Waals surface area contributed by atoms with Crippen LogP contribution in [-0.2, 0) is 11.6 Å². The number of fused-ring (bicyclic) bond motifs is 2. The van der Waals surface area contributed by atoms with Gasteiger partial charge in [-0.1, -0.05) is 77.8 Å². The number of nitrogens with zero attached hydrogens (tertiary/aromatic N) is 7. The summed E-state index contributed by atoms with van der Waals surface area (Å²) in [6.45, 7) is 0. The number of pyridine rings is 2. The summed E-state index contributed by atoms with van der Waals surface area (Å²) >= 11 is 12.4. The first-order valence-corrected chi connectivity index (χ1v) is 25.7. The minimum Gasteiger partial charge on any atom is -0.397 e. The molecule has 6 aromatic heterocycles. The quantitative estimate of drug-likeness (QED) is 0.0636. The van der Waals surface area contributed by atoms with E-state index < -0.39 is 11.6 Å². The number of carbonyl (C=O) groups is 2. The summed E-state index contributed by atoms with van der Waals surface area (Å²) < 4.78 is 18.7. The molecule has 21 heteroatoms. The second-order valence-electron chi connectivity index (χ2n) is 18.2. The first kappa shape index (κ1) is 51.6. The average molecular weight is 1060 g/mol. The Morgan fingerprint density at radius 3 is 1.63 bits per heavy atom. The van der Waals surface area contributed by atoms with Crippen LogP contribution in [0.25, 0.3) is 50.0 Å². The lowest BCUT2D eigenvalue weighted by Crippen LogP contribution is -2.42. The van der Waals surface area contributed by atoms with Crippen LogP contribution in [-0.4, -0.2) is 83.9 Å². The first-order valence-electron chi connectivity index (χ1n) is 24.3. The van der Waals surface area contributed by atoms with Crippen LogP contribution >= 0.6 is 23.2 Å². The van der Waals surface area contributed by atoms with E-state index in [9.17, 15) is 9.59 Å². The van der Waals surface area contributed by atoms with Gasteiger partial charge in [0.1, 0.15) is 11.4 Å². The highest BCUT2D eigenvalue weighted by molar-refractivity contribution is 7.51. The van der Waals surface area contributed by atoms with Crippen LogP contribution in [0.5, 0.6) is 0 Å². The van der Waals surface area contributed by atoms with Gasteiger partial charge in [-0.25, -0.2) is 29.9 Å². The molecule has 11 rings (SSSR count). The summed E-state index contributed by atoms with van der Waals surface area (Å²) in [5.74, 6) is 0.658. The van der Waals surface area contributed by atoms with Gasteiger partial charge in [-0.2, -0.15) is 8.42 Å². The van der Waals surface area contributed by atoms with E-state index in [-0.39, 0.29) is 36.0 Å². The molecule has 0 radical (unpaired) electrons. The molecule has 3 aromatic carbocycles. The molecule has 2 aliphatic carbocycles. The molecule has 2 saturated carbocycles. The largest absolute Gasteiger partial charge is 0.397 e. The van der Waals surface area contributed by atoms with Crippen molar-refractivity contribution in [1.29, 1.82) is 0 Å². The Bertz CT molecular complexity index is 3470. The second-order valence-corrected chi connectivity index (χ2v) is 19.1. The second kappa shape index (κ2) is 24.2. The molecule has 9 N–H and O–H groups in total. The SMILES string of the molecule is Nc1ccc(C(=O)N[C@H]2CCC[C@@H](Nc3ncc(Cl)c(-c4c[nH]c5ccccc45)n3)C2)nc1.Nc1ccc(C(=O)N[C@H]2CCC[C@@H](Nc3ncc(Cl)c(-c4cn(-c5ccccc5)c5ccccc45)n3)C2)nc1.O=S=O. The Hall–Kier alpha value is -8.26. The predicted molar refractivity (Wildman–Crippen MR) is 294 cm³/mol. The number of nitrogens with one attached hydrogen (secondary N) is 5. The van der Waals surface area contributed by atoms with E-state index >= 15 is 0 Å². The number of carbonyl (C=O) groups excluding carboxylic acids is 2. The van der Waals surface area contributed by atoms with Gasteiger partial charge in [-0.15, -0.1) is 0 Å². The van der Waals surface area contributed by atoms with Gasteiger partial charge in [0.2, 0.25) is 11.9 Å². The number of hydrogen-bond donors (Lipinski definition) is 7. The number of amides is 2. The number of aromatic nitrogens is 8. The number of H-pyrrole nitrogens is 1. The number of nitrogens with two attached hydrogens (primary N) is 2. The van der Waals surface area contributed by atoms with Crippen LogP contribution in [0, 0.1) is 0 Å². The number of rotatable bonds is 11. The van der Waals surface area contributed by atoms with E-state index in [1.165, 1.54) is 12.4 Å².